The Balaban J connectivity index is 1.54. The summed E-state index contributed by atoms with van der Waals surface area (Å²) in [5.41, 5.74) is 4.92. The molecule has 0 spiro atoms. The minimum Gasteiger partial charge on any atom is -0.493 e. The highest BCUT2D eigenvalue weighted by atomic mass is 127. The summed E-state index contributed by atoms with van der Waals surface area (Å²) in [6, 6.07) is 17.4. The fourth-order valence-electron chi connectivity index (χ4n) is 3.46. The highest BCUT2D eigenvalue weighted by Crippen LogP contribution is 2.36. The molecule has 1 aliphatic heterocycles. The third-order valence-electron chi connectivity index (χ3n) is 4.93. The number of methoxy groups -OCH3 is 1. The van der Waals surface area contributed by atoms with Crippen LogP contribution in [-0.4, -0.2) is 18.2 Å². The number of hydrogen-bond acceptors (Lipinski definition) is 5. The molecule has 3 aromatic rings. The van der Waals surface area contributed by atoms with Crippen LogP contribution in [0.25, 0.3) is 6.08 Å². The van der Waals surface area contributed by atoms with E-state index in [2.05, 4.69) is 39.0 Å². The van der Waals surface area contributed by atoms with E-state index in [-0.39, 0.29) is 5.91 Å². The maximum absolute atomic E-state index is 12.6. The number of thioether (sulfide) groups is 1. The topological polar surface area (TPSA) is 59.9 Å². The van der Waals surface area contributed by atoms with Crippen molar-refractivity contribution in [1.29, 1.82) is 0 Å². The second-order valence-corrected chi connectivity index (χ2v) is 10.4. The Hall–Kier alpha value is -2.49. The molecule has 0 aliphatic carbocycles. The van der Waals surface area contributed by atoms with E-state index in [1.54, 1.807) is 7.11 Å². The van der Waals surface area contributed by atoms with E-state index in [9.17, 15) is 4.79 Å². The monoisotopic (exact) mass is 604 g/mol. The first kappa shape index (κ1) is 24.6. The first-order valence-electron chi connectivity index (χ1n) is 10.4. The molecule has 0 atom stereocenters. The Morgan fingerprint density at radius 1 is 1.09 bits per heavy atom. The van der Waals surface area contributed by atoms with Gasteiger partial charge in [-0.25, -0.2) is 4.99 Å². The van der Waals surface area contributed by atoms with E-state index < -0.39 is 0 Å². The minimum atomic E-state index is -0.176. The molecule has 1 N–H and O–H groups in total. The van der Waals surface area contributed by atoms with Gasteiger partial charge in [-0.3, -0.25) is 4.79 Å². The van der Waals surface area contributed by atoms with E-state index >= 15 is 0 Å². The van der Waals surface area contributed by atoms with Crippen LogP contribution in [0, 0.1) is 17.4 Å². The van der Waals surface area contributed by atoms with Gasteiger partial charge in [0.2, 0.25) is 0 Å². The van der Waals surface area contributed by atoms with E-state index in [0.717, 1.165) is 31.5 Å². The zero-order chi connectivity index (χ0) is 24.2. The first-order chi connectivity index (χ1) is 16.3. The standard InChI is InChI=1S/C26H22ClIN2O3S/c1-15-8-16(2)10-20(9-15)29-26-30-25(31)23(34-26)13-18-11-21(28)24(22(12-18)32-3)33-14-17-4-6-19(27)7-5-17/h4-13H,14H2,1-3H3,(H,29,30,31)/b23-13-. The van der Waals surface area contributed by atoms with E-state index in [0.29, 0.717) is 33.2 Å². The number of aliphatic imine (C=N–C) groups is 1. The van der Waals surface area contributed by atoms with Gasteiger partial charge in [0, 0.05) is 5.02 Å². The van der Waals surface area contributed by atoms with Crippen LogP contribution < -0.4 is 14.8 Å². The predicted molar refractivity (Wildman–Crippen MR) is 148 cm³/mol. The zero-order valence-electron chi connectivity index (χ0n) is 18.8. The van der Waals surface area contributed by atoms with Crippen LogP contribution in [0.5, 0.6) is 11.5 Å². The maximum Gasteiger partial charge on any atom is 0.264 e. The molecule has 3 aromatic carbocycles. The van der Waals surface area contributed by atoms with Gasteiger partial charge in [-0.2, -0.15) is 0 Å². The molecule has 0 unspecified atom stereocenters. The van der Waals surface area contributed by atoms with Gasteiger partial charge in [-0.1, -0.05) is 29.8 Å². The van der Waals surface area contributed by atoms with Crippen LogP contribution in [0.15, 0.2) is 64.5 Å². The Kier molecular flexibility index (Phi) is 7.85. The number of ether oxygens (including phenoxy) is 2. The van der Waals surface area contributed by atoms with Gasteiger partial charge in [-0.05, 0) is 113 Å². The highest BCUT2D eigenvalue weighted by molar-refractivity contribution is 14.1. The van der Waals surface area contributed by atoms with Crippen LogP contribution in [0.4, 0.5) is 5.69 Å². The lowest BCUT2D eigenvalue weighted by molar-refractivity contribution is -0.115. The van der Waals surface area contributed by atoms with Gasteiger partial charge in [-0.15, -0.1) is 0 Å². The van der Waals surface area contributed by atoms with Crippen molar-refractivity contribution in [1.82, 2.24) is 5.32 Å². The Labute approximate surface area is 221 Å². The molecule has 5 nitrogen and oxygen atoms in total. The molecule has 1 heterocycles. The number of hydrogen-bond donors (Lipinski definition) is 1. The summed E-state index contributed by atoms with van der Waals surface area (Å²) in [6.07, 6.45) is 1.83. The number of nitrogens with zero attached hydrogens (tertiary/aromatic N) is 1. The highest BCUT2D eigenvalue weighted by Gasteiger charge is 2.24. The quantitative estimate of drug-likeness (QED) is 0.242. The summed E-state index contributed by atoms with van der Waals surface area (Å²) >= 11 is 9.49. The summed E-state index contributed by atoms with van der Waals surface area (Å²) in [5, 5.41) is 4.09. The summed E-state index contributed by atoms with van der Waals surface area (Å²) in [4.78, 5) is 17.7. The fraction of sp³-hybridized carbons (Fsp3) is 0.154. The van der Waals surface area contributed by atoms with Gasteiger partial charge in [0.05, 0.1) is 21.3 Å². The van der Waals surface area contributed by atoms with Crippen LogP contribution >= 0.6 is 46.0 Å². The average molecular weight is 605 g/mol. The SMILES string of the molecule is COc1cc(/C=C2\SC(=Nc3cc(C)cc(C)c3)NC2=O)cc(I)c1OCc1ccc(Cl)cc1. The van der Waals surface area contributed by atoms with Crippen molar-refractivity contribution >= 4 is 68.8 Å². The van der Waals surface area contributed by atoms with Crippen molar-refractivity contribution in [2.45, 2.75) is 20.5 Å². The number of rotatable bonds is 6. The molecule has 174 valence electrons. The lowest BCUT2D eigenvalue weighted by atomic mass is 10.1. The normalized spacial score (nSPS) is 15.6. The molecule has 1 saturated heterocycles. The molecule has 1 fully saturated rings. The number of amidine groups is 1. The third-order valence-corrected chi connectivity index (χ3v) is 6.90. The molecular weight excluding hydrogens is 583 g/mol. The first-order valence-corrected chi connectivity index (χ1v) is 12.7. The van der Waals surface area contributed by atoms with Crippen LogP contribution in [0.3, 0.4) is 0 Å². The molecule has 0 bridgehead atoms. The Morgan fingerprint density at radius 2 is 1.79 bits per heavy atom. The van der Waals surface area contributed by atoms with E-state index in [4.69, 9.17) is 21.1 Å². The lowest BCUT2D eigenvalue weighted by Gasteiger charge is -2.14. The van der Waals surface area contributed by atoms with Gasteiger partial charge < -0.3 is 14.8 Å². The van der Waals surface area contributed by atoms with Crippen LogP contribution in [-0.2, 0) is 11.4 Å². The third kappa shape index (κ3) is 6.14. The van der Waals surface area contributed by atoms with E-state index in [1.807, 2.05) is 68.5 Å². The minimum absolute atomic E-state index is 0.176. The number of halogens is 2. The Morgan fingerprint density at radius 3 is 2.47 bits per heavy atom. The molecular formula is C26H22ClIN2O3S. The zero-order valence-corrected chi connectivity index (χ0v) is 22.5. The largest absolute Gasteiger partial charge is 0.493 e. The van der Waals surface area contributed by atoms with Crippen molar-refractivity contribution in [2.75, 3.05) is 7.11 Å². The van der Waals surface area contributed by atoms with Crippen molar-refractivity contribution in [3.05, 3.63) is 90.3 Å². The van der Waals surface area contributed by atoms with Gasteiger partial charge in [0.1, 0.15) is 6.61 Å². The molecule has 0 radical (unpaired) electrons. The molecule has 0 saturated carbocycles. The van der Waals surface area contributed by atoms with Gasteiger partial charge in [0.25, 0.3) is 5.91 Å². The molecule has 8 heteroatoms. The second-order valence-electron chi connectivity index (χ2n) is 7.78. The molecule has 0 aromatic heterocycles. The smallest absolute Gasteiger partial charge is 0.264 e. The Bertz CT molecular complexity index is 1290. The number of aryl methyl sites for hydroxylation is 2. The van der Waals surface area contributed by atoms with Crippen LogP contribution in [0.1, 0.15) is 22.3 Å². The summed E-state index contributed by atoms with van der Waals surface area (Å²) in [6.45, 7) is 4.45. The number of amides is 1. The number of carbonyl (C=O) groups excluding carboxylic acids is 1. The summed E-state index contributed by atoms with van der Waals surface area (Å²) in [7, 11) is 1.60. The average Bonchev–Trinajstić information content (AvgIpc) is 3.11. The van der Waals surface area contributed by atoms with E-state index in [1.165, 1.54) is 11.8 Å². The molecule has 34 heavy (non-hydrogen) atoms. The number of carbonyl (C=O) groups is 1. The summed E-state index contributed by atoms with van der Waals surface area (Å²) < 4.78 is 12.5. The second kappa shape index (κ2) is 10.8. The van der Waals surface area contributed by atoms with Crippen molar-refractivity contribution in [3.63, 3.8) is 0 Å². The van der Waals surface area contributed by atoms with Crippen molar-refractivity contribution < 1.29 is 14.3 Å². The van der Waals surface area contributed by atoms with Crippen molar-refractivity contribution in [2.24, 2.45) is 4.99 Å². The van der Waals surface area contributed by atoms with Crippen LogP contribution in [0.2, 0.25) is 5.02 Å². The lowest BCUT2D eigenvalue weighted by Crippen LogP contribution is -2.19. The number of nitrogens with one attached hydrogen (secondary N) is 1. The predicted octanol–water partition coefficient (Wildman–Crippen LogP) is 7.04. The van der Waals surface area contributed by atoms with Gasteiger partial charge >= 0.3 is 0 Å². The maximum atomic E-state index is 12.6. The van der Waals surface area contributed by atoms with Crippen molar-refractivity contribution in [3.8, 4) is 11.5 Å². The fourth-order valence-corrected chi connectivity index (χ4v) is 5.21. The number of benzene rings is 3. The summed E-state index contributed by atoms with van der Waals surface area (Å²) in [5.74, 6) is 1.08. The molecule has 4 rings (SSSR count). The molecule has 1 amide bonds. The van der Waals surface area contributed by atoms with Gasteiger partial charge in [0.15, 0.2) is 16.7 Å². The molecule has 1 aliphatic rings.